The molecule has 0 spiro atoms. The van der Waals surface area contributed by atoms with Crippen LogP contribution in [0.2, 0.25) is 5.02 Å². The van der Waals surface area contributed by atoms with Crippen molar-refractivity contribution in [1.82, 2.24) is 4.98 Å². The lowest BCUT2D eigenvalue weighted by atomic mass is 10.1. The molecule has 0 aromatic carbocycles. The molecule has 0 aliphatic carbocycles. The molecule has 2 N–H and O–H groups in total. The Kier molecular flexibility index (Phi) is 3.00. The molecule has 1 amide bonds. The second-order valence-electron chi connectivity index (χ2n) is 2.67. The number of hydrogen-bond acceptors (Lipinski definition) is 2. The van der Waals surface area contributed by atoms with Crippen molar-refractivity contribution in [2.75, 3.05) is 0 Å². The van der Waals surface area contributed by atoms with Crippen LogP contribution in [0, 0.1) is 6.92 Å². The maximum atomic E-state index is 12.3. The summed E-state index contributed by atoms with van der Waals surface area (Å²) in [6.07, 6.45) is -1.85. The van der Waals surface area contributed by atoms with Crippen LogP contribution in [0.3, 0.4) is 0 Å². The van der Waals surface area contributed by atoms with Crippen molar-refractivity contribution >= 4 is 17.5 Å². The molecule has 1 rings (SSSR count). The number of carbonyl (C=O) groups excluding carboxylic acids is 1. The molecule has 0 aliphatic heterocycles. The van der Waals surface area contributed by atoms with E-state index >= 15 is 0 Å². The van der Waals surface area contributed by atoms with Crippen LogP contribution in [0.1, 0.15) is 28.0 Å². The molecule has 1 aromatic rings. The number of nitrogens with two attached hydrogens (primary N) is 1. The number of alkyl halides is 2. The summed E-state index contributed by atoms with van der Waals surface area (Å²) in [5.41, 5.74) is 4.66. The quantitative estimate of drug-likeness (QED) is 0.830. The molecule has 0 saturated heterocycles. The Morgan fingerprint density at radius 3 is 2.64 bits per heavy atom. The van der Waals surface area contributed by atoms with Crippen molar-refractivity contribution in [3.8, 4) is 0 Å². The summed E-state index contributed by atoms with van der Waals surface area (Å²) >= 11 is 5.61. The molecule has 0 fully saturated rings. The zero-order valence-corrected chi connectivity index (χ0v) is 7.98. The second-order valence-corrected chi connectivity index (χ2v) is 3.04. The first-order chi connectivity index (χ1) is 6.45. The van der Waals surface area contributed by atoms with E-state index in [1.807, 2.05) is 0 Å². The molecule has 14 heavy (non-hydrogen) atoms. The maximum absolute atomic E-state index is 12.3. The molecule has 1 heterocycles. The Bertz CT molecular complexity index is 382. The highest BCUT2D eigenvalue weighted by molar-refractivity contribution is 6.32. The minimum absolute atomic E-state index is 0.0839. The normalized spacial score (nSPS) is 10.6. The Morgan fingerprint density at radius 2 is 2.21 bits per heavy atom. The minimum atomic E-state index is -2.71. The van der Waals surface area contributed by atoms with Crippen molar-refractivity contribution in [3.05, 3.63) is 28.0 Å². The molecule has 0 aliphatic rings. The molecule has 0 bridgehead atoms. The average molecular weight is 221 g/mol. The Hall–Kier alpha value is -1.23. The minimum Gasteiger partial charge on any atom is -0.364 e. The SMILES string of the molecule is Cc1c(C(N)=O)ncc(C(F)F)c1Cl. The van der Waals surface area contributed by atoms with Gasteiger partial charge in [0.2, 0.25) is 0 Å². The standard InChI is InChI=1S/C8H7ClF2N2O/c1-3-5(9)4(7(10)11)2-13-6(3)8(12)14/h2,7H,1H3,(H2,12,14). The zero-order chi connectivity index (χ0) is 10.9. The van der Waals surface area contributed by atoms with Gasteiger partial charge in [0.1, 0.15) is 5.69 Å². The van der Waals surface area contributed by atoms with Crippen molar-refractivity contribution in [3.63, 3.8) is 0 Å². The molecule has 3 nitrogen and oxygen atoms in total. The molecule has 0 atom stereocenters. The zero-order valence-electron chi connectivity index (χ0n) is 7.22. The van der Waals surface area contributed by atoms with Crippen LogP contribution in [0.4, 0.5) is 8.78 Å². The second kappa shape index (κ2) is 3.88. The predicted molar refractivity (Wildman–Crippen MR) is 47.5 cm³/mol. The first-order valence-electron chi connectivity index (χ1n) is 3.68. The summed E-state index contributed by atoms with van der Waals surface area (Å²) in [5.74, 6) is -0.787. The van der Waals surface area contributed by atoms with Gasteiger partial charge in [0.05, 0.1) is 10.6 Å². The monoisotopic (exact) mass is 220 g/mol. The number of halogens is 3. The Morgan fingerprint density at radius 1 is 1.64 bits per heavy atom. The van der Waals surface area contributed by atoms with E-state index in [4.69, 9.17) is 17.3 Å². The third-order valence-electron chi connectivity index (χ3n) is 1.74. The summed E-state index contributed by atoms with van der Waals surface area (Å²) in [4.78, 5) is 14.3. The van der Waals surface area contributed by atoms with Crippen molar-refractivity contribution < 1.29 is 13.6 Å². The van der Waals surface area contributed by atoms with E-state index < -0.39 is 17.9 Å². The first-order valence-corrected chi connectivity index (χ1v) is 4.06. The molecule has 0 radical (unpaired) electrons. The largest absolute Gasteiger partial charge is 0.364 e. The van der Waals surface area contributed by atoms with Gasteiger partial charge in [-0.3, -0.25) is 9.78 Å². The number of nitrogens with zero attached hydrogens (tertiary/aromatic N) is 1. The van der Waals surface area contributed by atoms with Gasteiger partial charge in [0.15, 0.2) is 0 Å². The molecule has 76 valence electrons. The lowest BCUT2D eigenvalue weighted by molar-refractivity contribution is 0.0994. The summed E-state index contributed by atoms with van der Waals surface area (Å²) in [6, 6.07) is 0. The smallest absolute Gasteiger partial charge is 0.267 e. The first kappa shape index (κ1) is 10.8. The van der Waals surface area contributed by atoms with Gasteiger partial charge in [0, 0.05) is 6.20 Å². The van der Waals surface area contributed by atoms with E-state index in [9.17, 15) is 13.6 Å². The number of rotatable bonds is 2. The van der Waals surface area contributed by atoms with Crippen molar-refractivity contribution in [1.29, 1.82) is 0 Å². The van der Waals surface area contributed by atoms with Gasteiger partial charge < -0.3 is 5.73 Å². The highest BCUT2D eigenvalue weighted by Gasteiger charge is 2.18. The summed E-state index contributed by atoms with van der Waals surface area (Å²) in [7, 11) is 0. The van der Waals surface area contributed by atoms with E-state index in [1.165, 1.54) is 6.92 Å². The van der Waals surface area contributed by atoms with Crippen LogP contribution in [0.5, 0.6) is 0 Å². The fraction of sp³-hybridized carbons (Fsp3) is 0.250. The number of aromatic nitrogens is 1. The van der Waals surface area contributed by atoms with Gasteiger partial charge in [0.25, 0.3) is 12.3 Å². The van der Waals surface area contributed by atoms with Crippen LogP contribution in [0.15, 0.2) is 6.20 Å². The summed E-state index contributed by atoms with van der Waals surface area (Å²) < 4.78 is 24.6. The number of amides is 1. The predicted octanol–water partition coefficient (Wildman–Crippen LogP) is 2.08. The van der Waals surface area contributed by atoms with Crippen LogP contribution >= 0.6 is 11.6 Å². The van der Waals surface area contributed by atoms with Gasteiger partial charge in [-0.2, -0.15) is 0 Å². The third-order valence-corrected chi connectivity index (χ3v) is 2.24. The lowest BCUT2D eigenvalue weighted by Crippen LogP contribution is -2.15. The number of primary amides is 1. The number of pyridine rings is 1. The Labute approximate surface area is 83.9 Å². The highest BCUT2D eigenvalue weighted by Crippen LogP contribution is 2.29. The molecular weight excluding hydrogens is 214 g/mol. The van der Waals surface area contributed by atoms with Crippen LogP contribution in [-0.4, -0.2) is 10.9 Å². The number of hydrogen-bond donors (Lipinski definition) is 1. The van der Waals surface area contributed by atoms with Gasteiger partial charge in [-0.25, -0.2) is 8.78 Å². The van der Waals surface area contributed by atoms with Crippen LogP contribution < -0.4 is 5.73 Å². The molecule has 1 aromatic heterocycles. The van der Waals surface area contributed by atoms with Crippen molar-refractivity contribution in [2.45, 2.75) is 13.3 Å². The third kappa shape index (κ3) is 1.82. The number of carbonyl (C=O) groups is 1. The average Bonchev–Trinajstić information content (AvgIpc) is 2.08. The fourth-order valence-electron chi connectivity index (χ4n) is 1.01. The summed E-state index contributed by atoms with van der Waals surface area (Å²) in [6.45, 7) is 1.42. The molecular formula is C8H7ClF2N2O. The van der Waals surface area contributed by atoms with E-state index in [0.29, 0.717) is 0 Å². The van der Waals surface area contributed by atoms with Gasteiger partial charge in [-0.05, 0) is 12.5 Å². The van der Waals surface area contributed by atoms with Gasteiger partial charge in [-0.15, -0.1) is 0 Å². The molecule has 6 heteroatoms. The van der Waals surface area contributed by atoms with E-state index in [2.05, 4.69) is 4.98 Å². The van der Waals surface area contributed by atoms with Crippen molar-refractivity contribution in [2.24, 2.45) is 5.73 Å². The molecule has 0 unspecified atom stereocenters. The fourth-order valence-corrected chi connectivity index (χ4v) is 1.23. The van der Waals surface area contributed by atoms with Gasteiger partial charge in [-0.1, -0.05) is 11.6 Å². The topological polar surface area (TPSA) is 56.0 Å². The lowest BCUT2D eigenvalue weighted by Gasteiger charge is -2.07. The molecule has 0 saturated carbocycles. The van der Waals surface area contributed by atoms with E-state index in [-0.39, 0.29) is 16.3 Å². The van der Waals surface area contributed by atoms with E-state index in [1.54, 1.807) is 0 Å². The van der Waals surface area contributed by atoms with Crippen LogP contribution in [-0.2, 0) is 0 Å². The summed E-state index contributed by atoms with van der Waals surface area (Å²) in [5, 5.41) is -0.163. The van der Waals surface area contributed by atoms with Gasteiger partial charge >= 0.3 is 0 Å². The highest BCUT2D eigenvalue weighted by atomic mass is 35.5. The Balaban J connectivity index is 3.33. The maximum Gasteiger partial charge on any atom is 0.267 e. The van der Waals surface area contributed by atoms with E-state index in [0.717, 1.165) is 6.20 Å². The van der Waals surface area contributed by atoms with Crippen LogP contribution in [0.25, 0.3) is 0 Å².